The second-order valence-corrected chi connectivity index (χ2v) is 9.12. The monoisotopic (exact) mass is 523 g/mol. The number of nitrogens with one attached hydrogen (secondary N) is 2. The maximum atomic E-state index is 13.1. The Bertz CT molecular complexity index is 1380. The van der Waals surface area contributed by atoms with Gasteiger partial charge in [0.25, 0.3) is 11.8 Å². The zero-order valence-electron chi connectivity index (χ0n) is 21.1. The Hall–Kier alpha value is -4.49. The van der Waals surface area contributed by atoms with E-state index in [1.807, 2.05) is 48.5 Å². The minimum Gasteiger partial charge on any atom is -0.493 e. The predicted molar refractivity (Wildman–Crippen MR) is 154 cm³/mol. The summed E-state index contributed by atoms with van der Waals surface area (Å²) in [6, 6.07) is 33.8. The van der Waals surface area contributed by atoms with Crippen molar-refractivity contribution in [1.29, 1.82) is 0 Å². The van der Waals surface area contributed by atoms with Crippen molar-refractivity contribution in [2.24, 2.45) is 0 Å². The van der Waals surface area contributed by atoms with Crippen LogP contribution in [0, 0.1) is 0 Å². The van der Waals surface area contributed by atoms with E-state index in [1.54, 1.807) is 60.5 Å². The molecule has 38 heavy (non-hydrogen) atoms. The lowest BCUT2D eigenvalue weighted by molar-refractivity contribution is 0.0786. The quantitative estimate of drug-likeness (QED) is 0.275. The Morgan fingerprint density at radius 2 is 1.39 bits per heavy atom. The second kappa shape index (κ2) is 13.2. The number of ether oxygens (including phenoxy) is 1. The molecule has 2 amide bonds. The van der Waals surface area contributed by atoms with E-state index in [2.05, 4.69) is 22.8 Å². The number of anilines is 1. The van der Waals surface area contributed by atoms with Gasteiger partial charge >= 0.3 is 0 Å². The van der Waals surface area contributed by atoms with Crippen LogP contribution in [0.4, 0.5) is 5.69 Å². The molecule has 0 aliphatic rings. The van der Waals surface area contributed by atoms with E-state index in [4.69, 9.17) is 17.0 Å². The fourth-order valence-corrected chi connectivity index (χ4v) is 4.08. The molecule has 0 radical (unpaired) electrons. The number of hydrogen-bond donors (Lipinski definition) is 2. The van der Waals surface area contributed by atoms with E-state index in [-0.39, 0.29) is 16.9 Å². The molecule has 0 aliphatic carbocycles. The molecule has 0 saturated carbocycles. The molecule has 0 bridgehead atoms. The SMILES string of the molecule is CN(Cc1ccccc1)C(=O)c1ccccc1NC(=S)NC(=O)c1ccc(OCCc2ccccc2)cc1. The molecule has 4 aromatic rings. The van der Waals surface area contributed by atoms with Crippen LogP contribution in [-0.2, 0) is 13.0 Å². The van der Waals surface area contributed by atoms with Gasteiger partial charge in [0.05, 0.1) is 17.9 Å². The first-order chi connectivity index (χ1) is 18.5. The summed E-state index contributed by atoms with van der Waals surface area (Å²) in [4.78, 5) is 27.5. The van der Waals surface area contributed by atoms with Gasteiger partial charge in [0, 0.05) is 25.6 Å². The van der Waals surface area contributed by atoms with Crippen molar-refractivity contribution in [2.45, 2.75) is 13.0 Å². The minimum atomic E-state index is -0.358. The topological polar surface area (TPSA) is 70.7 Å². The molecule has 6 nitrogen and oxygen atoms in total. The molecule has 0 heterocycles. The predicted octanol–water partition coefficient (Wildman–Crippen LogP) is 5.71. The lowest BCUT2D eigenvalue weighted by atomic mass is 10.1. The van der Waals surface area contributed by atoms with Gasteiger partial charge in [-0.2, -0.15) is 0 Å². The number of amides is 2. The van der Waals surface area contributed by atoms with Crippen LogP contribution in [0.1, 0.15) is 31.8 Å². The van der Waals surface area contributed by atoms with Gasteiger partial charge in [0.1, 0.15) is 5.75 Å². The molecule has 0 fully saturated rings. The van der Waals surface area contributed by atoms with Crippen LogP contribution in [0.5, 0.6) is 5.75 Å². The highest BCUT2D eigenvalue weighted by Crippen LogP contribution is 2.18. The third kappa shape index (κ3) is 7.51. The summed E-state index contributed by atoms with van der Waals surface area (Å²) >= 11 is 5.37. The molecule has 0 spiro atoms. The van der Waals surface area contributed by atoms with Gasteiger partial charge in [0.15, 0.2) is 5.11 Å². The fraction of sp³-hybridized carbons (Fsp3) is 0.129. The van der Waals surface area contributed by atoms with Gasteiger partial charge in [-0.1, -0.05) is 72.8 Å². The molecule has 0 saturated heterocycles. The van der Waals surface area contributed by atoms with Crippen molar-refractivity contribution >= 4 is 34.8 Å². The molecule has 0 unspecified atom stereocenters. The summed E-state index contributed by atoms with van der Waals surface area (Å²) in [6.45, 7) is 1.02. The average Bonchev–Trinajstić information content (AvgIpc) is 2.94. The molecule has 0 aromatic heterocycles. The summed E-state index contributed by atoms with van der Waals surface area (Å²) in [5.41, 5.74) is 3.65. The summed E-state index contributed by atoms with van der Waals surface area (Å²) in [5.74, 6) is 0.169. The van der Waals surface area contributed by atoms with Crippen LogP contribution in [-0.4, -0.2) is 35.5 Å². The Morgan fingerprint density at radius 1 is 0.789 bits per heavy atom. The largest absolute Gasteiger partial charge is 0.493 e. The zero-order chi connectivity index (χ0) is 26.7. The van der Waals surface area contributed by atoms with Crippen molar-refractivity contribution in [2.75, 3.05) is 19.0 Å². The van der Waals surface area contributed by atoms with E-state index in [1.165, 1.54) is 5.56 Å². The van der Waals surface area contributed by atoms with Gasteiger partial charge in [-0.25, -0.2) is 0 Å². The van der Waals surface area contributed by atoms with Gasteiger partial charge in [0.2, 0.25) is 0 Å². The highest BCUT2D eigenvalue weighted by molar-refractivity contribution is 7.80. The standard InChI is InChI=1S/C31H29N3O3S/c1-34(22-24-12-6-3-7-13-24)30(36)27-14-8-9-15-28(27)32-31(38)33-29(35)25-16-18-26(19-17-25)37-21-20-23-10-4-2-5-11-23/h2-19H,20-22H2,1H3,(H2,32,33,35,38). The van der Waals surface area contributed by atoms with Gasteiger partial charge < -0.3 is 15.0 Å². The van der Waals surface area contributed by atoms with Crippen LogP contribution in [0.3, 0.4) is 0 Å². The van der Waals surface area contributed by atoms with Crippen LogP contribution in [0.15, 0.2) is 109 Å². The van der Waals surface area contributed by atoms with Crippen LogP contribution >= 0.6 is 12.2 Å². The molecular weight excluding hydrogens is 494 g/mol. The third-order valence-electron chi connectivity index (χ3n) is 5.86. The number of thiocarbonyl (C=S) groups is 1. The zero-order valence-corrected chi connectivity index (χ0v) is 21.9. The molecule has 192 valence electrons. The van der Waals surface area contributed by atoms with E-state index in [0.29, 0.717) is 35.7 Å². The van der Waals surface area contributed by atoms with E-state index >= 15 is 0 Å². The van der Waals surface area contributed by atoms with Gasteiger partial charge in [-0.05, 0) is 59.7 Å². The minimum absolute atomic E-state index is 0.101. The first-order valence-corrected chi connectivity index (χ1v) is 12.7. The van der Waals surface area contributed by atoms with Crippen molar-refractivity contribution < 1.29 is 14.3 Å². The molecule has 0 atom stereocenters. The average molecular weight is 524 g/mol. The second-order valence-electron chi connectivity index (χ2n) is 8.71. The number of hydrogen-bond acceptors (Lipinski definition) is 4. The normalized spacial score (nSPS) is 10.3. The number of rotatable bonds is 9. The number of carbonyl (C=O) groups excluding carboxylic acids is 2. The molecule has 4 aromatic carbocycles. The van der Waals surface area contributed by atoms with Crippen molar-refractivity contribution in [3.63, 3.8) is 0 Å². The Morgan fingerprint density at radius 3 is 2.08 bits per heavy atom. The van der Waals surface area contributed by atoms with Crippen LogP contribution in [0.25, 0.3) is 0 Å². The highest BCUT2D eigenvalue weighted by atomic mass is 32.1. The van der Waals surface area contributed by atoms with Crippen molar-refractivity contribution in [3.05, 3.63) is 131 Å². The Labute approximate surface area is 228 Å². The van der Waals surface area contributed by atoms with E-state index in [9.17, 15) is 9.59 Å². The summed E-state index contributed by atoms with van der Waals surface area (Å²) < 4.78 is 5.79. The van der Waals surface area contributed by atoms with Crippen molar-refractivity contribution in [1.82, 2.24) is 10.2 Å². The Kier molecular flexibility index (Phi) is 9.21. The molecule has 4 rings (SSSR count). The van der Waals surface area contributed by atoms with Crippen LogP contribution < -0.4 is 15.4 Å². The number of nitrogens with zero attached hydrogens (tertiary/aromatic N) is 1. The smallest absolute Gasteiger partial charge is 0.257 e. The number of benzene rings is 4. The van der Waals surface area contributed by atoms with Gasteiger partial charge in [-0.15, -0.1) is 0 Å². The van der Waals surface area contributed by atoms with Gasteiger partial charge in [-0.3, -0.25) is 14.9 Å². The third-order valence-corrected chi connectivity index (χ3v) is 6.06. The lowest BCUT2D eigenvalue weighted by Gasteiger charge is -2.20. The first kappa shape index (κ1) is 26.6. The molecule has 0 aliphatic heterocycles. The summed E-state index contributed by atoms with van der Waals surface area (Å²) in [6.07, 6.45) is 0.801. The Balaban J connectivity index is 1.31. The summed E-state index contributed by atoms with van der Waals surface area (Å²) in [7, 11) is 1.75. The van der Waals surface area contributed by atoms with E-state index < -0.39 is 0 Å². The number of carbonyl (C=O) groups is 2. The maximum Gasteiger partial charge on any atom is 0.257 e. The maximum absolute atomic E-state index is 13.1. The number of para-hydroxylation sites is 1. The fourth-order valence-electron chi connectivity index (χ4n) is 3.88. The molecular formula is C31H29N3O3S. The van der Waals surface area contributed by atoms with E-state index in [0.717, 1.165) is 12.0 Å². The van der Waals surface area contributed by atoms with Crippen LogP contribution in [0.2, 0.25) is 0 Å². The first-order valence-electron chi connectivity index (χ1n) is 12.3. The summed E-state index contributed by atoms with van der Waals surface area (Å²) in [5, 5.41) is 5.77. The highest BCUT2D eigenvalue weighted by Gasteiger charge is 2.17. The lowest BCUT2D eigenvalue weighted by Crippen LogP contribution is -2.35. The molecule has 2 N–H and O–H groups in total. The molecule has 7 heteroatoms. The van der Waals surface area contributed by atoms with Crippen molar-refractivity contribution in [3.8, 4) is 5.75 Å².